The molecular formula is C14H25N3S. The van der Waals surface area contributed by atoms with Gasteiger partial charge in [-0.15, -0.1) is 11.3 Å². The Morgan fingerprint density at radius 1 is 1.56 bits per heavy atom. The van der Waals surface area contributed by atoms with E-state index in [1.54, 1.807) is 11.3 Å². The van der Waals surface area contributed by atoms with Crippen LogP contribution in [0.15, 0.2) is 5.38 Å². The number of hydrogen-bond acceptors (Lipinski definition) is 4. The van der Waals surface area contributed by atoms with Crippen LogP contribution in [-0.2, 0) is 13.0 Å². The second kappa shape index (κ2) is 6.64. The minimum atomic E-state index is 0.583. The van der Waals surface area contributed by atoms with E-state index in [1.165, 1.54) is 30.1 Å². The van der Waals surface area contributed by atoms with Gasteiger partial charge in [-0.3, -0.25) is 4.90 Å². The molecule has 2 rings (SSSR count). The summed E-state index contributed by atoms with van der Waals surface area (Å²) in [5.74, 6) is 0. The largest absolute Gasteiger partial charge is 0.313 e. The molecule has 0 bridgehead atoms. The van der Waals surface area contributed by atoms with Crippen LogP contribution in [0.5, 0.6) is 0 Å². The number of rotatable bonds is 6. The van der Waals surface area contributed by atoms with E-state index in [0.29, 0.717) is 12.1 Å². The monoisotopic (exact) mass is 267 g/mol. The third kappa shape index (κ3) is 3.77. The van der Waals surface area contributed by atoms with E-state index in [2.05, 4.69) is 41.4 Å². The zero-order chi connectivity index (χ0) is 13.0. The summed E-state index contributed by atoms with van der Waals surface area (Å²) in [6.45, 7) is 10.1. The lowest BCUT2D eigenvalue weighted by Crippen LogP contribution is -2.40. The van der Waals surface area contributed by atoms with Crippen LogP contribution in [0.4, 0.5) is 0 Å². The predicted octanol–water partition coefficient (Wildman–Crippen LogP) is 2.67. The van der Waals surface area contributed by atoms with Crippen molar-refractivity contribution >= 4 is 11.3 Å². The van der Waals surface area contributed by atoms with Crippen LogP contribution in [0, 0.1) is 0 Å². The van der Waals surface area contributed by atoms with Crippen LogP contribution in [0.2, 0.25) is 0 Å². The summed E-state index contributed by atoms with van der Waals surface area (Å²) in [7, 11) is 0. The molecule has 102 valence electrons. The van der Waals surface area contributed by atoms with Crippen molar-refractivity contribution in [2.75, 3.05) is 13.1 Å². The number of aromatic nitrogens is 1. The van der Waals surface area contributed by atoms with Crippen molar-refractivity contribution in [1.82, 2.24) is 15.2 Å². The van der Waals surface area contributed by atoms with Gasteiger partial charge in [-0.1, -0.05) is 6.92 Å². The topological polar surface area (TPSA) is 28.2 Å². The van der Waals surface area contributed by atoms with Crippen molar-refractivity contribution in [3.63, 3.8) is 0 Å². The summed E-state index contributed by atoms with van der Waals surface area (Å²) in [5, 5.41) is 7.06. The number of aryl methyl sites for hydroxylation is 1. The van der Waals surface area contributed by atoms with Gasteiger partial charge in [-0.05, 0) is 39.7 Å². The van der Waals surface area contributed by atoms with Gasteiger partial charge in [0.05, 0.1) is 10.7 Å². The van der Waals surface area contributed by atoms with Gasteiger partial charge in [0.25, 0.3) is 0 Å². The maximum Gasteiger partial charge on any atom is 0.0926 e. The van der Waals surface area contributed by atoms with Gasteiger partial charge >= 0.3 is 0 Å². The zero-order valence-electron chi connectivity index (χ0n) is 11.8. The number of hydrogen-bond donors (Lipinski definition) is 1. The van der Waals surface area contributed by atoms with Gasteiger partial charge in [0.1, 0.15) is 0 Å². The SMILES string of the molecule is CCc1nc(CN(CC2CCCN2)C(C)C)cs1. The van der Waals surface area contributed by atoms with Gasteiger partial charge in [-0.25, -0.2) is 4.98 Å². The highest BCUT2D eigenvalue weighted by Gasteiger charge is 2.20. The number of nitrogens with zero attached hydrogens (tertiary/aromatic N) is 2. The van der Waals surface area contributed by atoms with Crippen LogP contribution < -0.4 is 5.32 Å². The van der Waals surface area contributed by atoms with E-state index >= 15 is 0 Å². The third-order valence-electron chi connectivity index (χ3n) is 3.61. The molecule has 1 aromatic heterocycles. The summed E-state index contributed by atoms with van der Waals surface area (Å²) in [6.07, 6.45) is 3.70. The van der Waals surface area contributed by atoms with Gasteiger partial charge in [-0.2, -0.15) is 0 Å². The molecule has 0 saturated carbocycles. The maximum absolute atomic E-state index is 4.68. The Morgan fingerprint density at radius 3 is 2.94 bits per heavy atom. The molecule has 3 nitrogen and oxygen atoms in total. The van der Waals surface area contributed by atoms with E-state index in [0.717, 1.165) is 19.5 Å². The first-order valence-corrected chi connectivity index (χ1v) is 7.97. The molecule has 0 spiro atoms. The standard InChI is InChI=1S/C14H25N3S/c1-4-14-16-13(10-18-14)9-17(11(2)3)8-12-6-5-7-15-12/h10-12,15H,4-9H2,1-3H3. The number of nitrogens with one attached hydrogen (secondary N) is 1. The lowest BCUT2D eigenvalue weighted by molar-refractivity contribution is 0.192. The molecule has 0 aliphatic carbocycles. The highest BCUT2D eigenvalue weighted by Crippen LogP contribution is 2.15. The summed E-state index contributed by atoms with van der Waals surface area (Å²) in [5.41, 5.74) is 1.24. The summed E-state index contributed by atoms with van der Waals surface area (Å²) >= 11 is 1.79. The smallest absolute Gasteiger partial charge is 0.0926 e. The predicted molar refractivity (Wildman–Crippen MR) is 78.1 cm³/mol. The average molecular weight is 267 g/mol. The minimum Gasteiger partial charge on any atom is -0.313 e. The Balaban J connectivity index is 1.92. The maximum atomic E-state index is 4.68. The Bertz CT molecular complexity index is 356. The first-order chi connectivity index (χ1) is 8.69. The normalized spacial score (nSPS) is 20.2. The molecular weight excluding hydrogens is 242 g/mol. The Morgan fingerprint density at radius 2 is 2.39 bits per heavy atom. The van der Waals surface area contributed by atoms with E-state index in [-0.39, 0.29) is 0 Å². The van der Waals surface area contributed by atoms with Crippen molar-refractivity contribution in [3.05, 3.63) is 16.1 Å². The lowest BCUT2D eigenvalue weighted by atomic mass is 10.2. The molecule has 1 aliphatic heterocycles. The van der Waals surface area contributed by atoms with Gasteiger partial charge < -0.3 is 5.32 Å². The molecule has 1 atom stereocenters. The summed E-state index contributed by atoms with van der Waals surface area (Å²) < 4.78 is 0. The molecule has 1 saturated heterocycles. The quantitative estimate of drug-likeness (QED) is 0.859. The number of thiazole rings is 1. The Kier molecular flexibility index (Phi) is 5.15. The second-order valence-electron chi connectivity index (χ2n) is 5.40. The zero-order valence-corrected chi connectivity index (χ0v) is 12.6. The molecule has 0 radical (unpaired) electrons. The first kappa shape index (κ1) is 14.0. The van der Waals surface area contributed by atoms with Gasteiger partial charge in [0, 0.05) is 30.6 Å². The van der Waals surface area contributed by atoms with E-state index in [1.807, 2.05) is 0 Å². The van der Waals surface area contributed by atoms with Gasteiger partial charge in [0.2, 0.25) is 0 Å². The molecule has 1 aliphatic rings. The molecule has 1 aromatic rings. The molecule has 0 amide bonds. The molecule has 18 heavy (non-hydrogen) atoms. The van der Waals surface area contributed by atoms with Gasteiger partial charge in [0.15, 0.2) is 0 Å². The second-order valence-corrected chi connectivity index (χ2v) is 6.35. The molecule has 1 unspecified atom stereocenters. The fraction of sp³-hybridized carbons (Fsp3) is 0.786. The molecule has 2 heterocycles. The van der Waals surface area contributed by atoms with Crippen molar-refractivity contribution in [2.24, 2.45) is 0 Å². The van der Waals surface area contributed by atoms with Crippen molar-refractivity contribution in [3.8, 4) is 0 Å². The molecule has 0 aromatic carbocycles. The van der Waals surface area contributed by atoms with Crippen molar-refractivity contribution in [1.29, 1.82) is 0 Å². The van der Waals surface area contributed by atoms with Crippen molar-refractivity contribution in [2.45, 2.75) is 58.7 Å². The van der Waals surface area contributed by atoms with Crippen molar-refractivity contribution < 1.29 is 0 Å². The fourth-order valence-corrected chi connectivity index (χ4v) is 3.18. The molecule has 4 heteroatoms. The highest BCUT2D eigenvalue weighted by atomic mass is 32.1. The summed E-state index contributed by atoms with van der Waals surface area (Å²) in [4.78, 5) is 7.22. The van der Waals surface area contributed by atoms with Crippen LogP contribution in [-0.4, -0.2) is 35.1 Å². The summed E-state index contributed by atoms with van der Waals surface area (Å²) in [6, 6.07) is 1.26. The molecule has 1 N–H and O–H groups in total. The fourth-order valence-electron chi connectivity index (χ4n) is 2.45. The average Bonchev–Trinajstić information content (AvgIpc) is 2.99. The highest BCUT2D eigenvalue weighted by molar-refractivity contribution is 7.09. The van der Waals surface area contributed by atoms with E-state index in [9.17, 15) is 0 Å². The van der Waals surface area contributed by atoms with Crippen LogP contribution in [0.3, 0.4) is 0 Å². The lowest BCUT2D eigenvalue weighted by Gasteiger charge is -2.28. The molecule has 1 fully saturated rings. The van der Waals surface area contributed by atoms with Crippen LogP contribution in [0.25, 0.3) is 0 Å². The van der Waals surface area contributed by atoms with E-state index < -0.39 is 0 Å². The van der Waals surface area contributed by atoms with Crippen LogP contribution in [0.1, 0.15) is 44.3 Å². The Labute approximate surface area is 115 Å². The third-order valence-corrected chi connectivity index (χ3v) is 4.66. The first-order valence-electron chi connectivity index (χ1n) is 7.09. The van der Waals surface area contributed by atoms with Crippen LogP contribution >= 0.6 is 11.3 Å². The van der Waals surface area contributed by atoms with E-state index in [4.69, 9.17) is 0 Å². The Hall–Kier alpha value is -0.450. The minimum absolute atomic E-state index is 0.583.